The molecule has 0 aromatic heterocycles. The lowest BCUT2D eigenvalue weighted by atomic mass is 9.90. The van der Waals surface area contributed by atoms with Crippen LogP contribution in [-0.4, -0.2) is 55.1 Å². The summed E-state index contributed by atoms with van der Waals surface area (Å²) < 4.78 is 10.7. The van der Waals surface area contributed by atoms with Crippen LogP contribution >= 0.6 is 0 Å². The third-order valence-corrected chi connectivity index (χ3v) is 5.90. The van der Waals surface area contributed by atoms with Crippen molar-refractivity contribution in [2.45, 2.75) is 65.8 Å². The van der Waals surface area contributed by atoms with Crippen molar-refractivity contribution in [1.82, 2.24) is 10.2 Å². The van der Waals surface area contributed by atoms with E-state index in [2.05, 4.69) is 5.32 Å². The van der Waals surface area contributed by atoms with E-state index in [0.29, 0.717) is 18.8 Å². The van der Waals surface area contributed by atoms with E-state index >= 15 is 0 Å². The van der Waals surface area contributed by atoms with Crippen LogP contribution in [0.1, 0.15) is 65.4 Å². The van der Waals surface area contributed by atoms with Gasteiger partial charge in [-0.1, -0.05) is 49.6 Å². The van der Waals surface area contributed by atoms with Crippen LogP contribution in [0.5, 0.6) is 0 Å². The highest BCUT2D eigenvalue weighted by molar-refractivity contribution is 6.12. The van der Waals surface area contributed by atoms with Crippen LogP contribution in [0.3, 0.4) is 0 Å². The average Bonchev–Trinajstić information content (AvgIpc) is 2.82. The van der Waals surface area contributed by atoms with E-state index < -0.39 is 23.8 Å². The van der Waals surface area contributed by atoms with Gasteiger partial charge < -0.3 is 19.7 Å². The minimum Gasteiger partial charge on any atom is -0.465 e. The number of carbonyl (C=O) groups is 3. The summed E-state index contributed by atoms with van der Waals surface area (Å²) in [6, 6.07) is 9.33. The predicted octanol–water partition coefficient (Wildman–Crippen LogP) is 3.93. The summed E-state index contributed by atoms with van der Waals surface area (Å²) in [4.78, 5) is 42.0. The molecule has 1 aliphatic carbocycles. The second-order valence-electron chi connectivity index (χ2n) is 8.05. The van der Waals surface area contributed by atoms with Crippen LogP contribution in [0.15, 0.2) is 35.9 Å². The first-order chi connectivity index (χ1) is 16.0. The fourth-order valence-corrected chi connectivity index (χ4v) is 4.32. The fourth-order valence-electron chi connectivity index (χ4n) is 4.32. The van der Waals surface area contributed by atoms with Gasteiger partial charge in [-0.3, -0.25) is 9.59 Å². The van der Waals surface area contributed by atoms with Crippen LogP contribution in [-0.2, 0) is 23.9 Å². The second-order valence-corrected chi connectivity index (χ2v) is 8.05. The van der Waals surface area contributed by atoms with Crippen LogP contribution in [0.4, 0.5) is 0 Å². The van der Waals surface area contributed by atoms with Gasteiger partial charge in [0.2, 0.25) is 5.91 Å². The number of rotatable bonds is 11. The molecule has 1 fully saturated rings. The molecule has 1 N–H and O–H groups in total. The molecule has 1 aromatic rings. The Morgan fingerprint density at radius 2 is 1.55 bits per heavy atom. The van der Waals surface area contributed by atoms with Gasteiger partial charge in [-0.05, 0) is 46.1 Å². The Kier molecular flexibility index (Phi) is 10.9. The summed E-state index contributed by atoms with van der Waals surface area (Å²) in [6.45, 7) is 8.73. The SMILES string of the molecule is CCOC(=O)/C(=C(/c1ccccc1)N(CC)CC)C(C(=O)NC1CCCCC1)C(=O)OCC. The van der Waals surface area contributed by atoms with Crippen molar-refractivity contribution >= 4 is 23.5 Å². The molecule has 1 amide bonds. The van der Waals surface area contributed by atoms with Crippen LogP contribution < -0.4 is 5.32 Å². The van der Waals surface area contributed by atoms with Crippen molar-refractivity contribution in [3.63, 3.8) is 0 Å². The van der Waals surface area contributed by atoms with E-state index in [-0.39, 0.29) is 24.8 Å². The third kappa shape index (κ3) is 7.07. The van der Waals surface area contributed by atoms with Crippen molar-refractivity contribution in [1.29, 1.82) is 0 Å². The highest BCUT2D eigenvalue weighted by atomic mass is 16.5. The quantitative estimate of drug-likeness (QED) is 0.307. The zero-order valence-electron chi connectivity index (χ0n) is 20.4. The average molecular weight is 459 g/mol. The standard InChI is InChI=1S/C26H38N2O5/c1-5-28(6-2)23(19-15-11-9-12-16-19)21(25(30)32-7-3)22(26(31)33-8-4)24(29)27-20-17-13-10-14-18-20/h9,11-12,15-16,20,22H,5-8,10,13-14,17-18H2,1-4H3,(H,27,29)/b23-21-. The van der Waals surface area contributed by atoms with Crippen LogP contribution in [0.2, 0.25) is 0 Å². The van der Waals surface area contributed by atoms with Gasteiger partial charge in [0.1, 0.15) is 0 Å². The summed E-state index contributed by atoms with van der Waals surface area (Å²) in [6.07, 6.45) is 4.93. The minimum absolute atomic E-state index is 0.0137. The molecule has 7 heteroatoms. The van der Waals surface area contributed by atoms with Gasteiger partial charge in [0.15, 0.2) is 5.92 Å². The van der Waals surface area contributed by atoms with Gasteiger partial charge in [-0.25, -0.2) is 4.79 Å². The zero-order valence-corrected chi connectivity index (χ0v) is 20.4. The Hall–Kier alpha value is -2.83. The van der Waals surface area contributed by atoms with Crippen LogP contribution in [0, 0.1) is 5.92 Å². The maximum absolute atomic E-state index is 13.5. The Labute approximate surface area is 197 Å². The lowest BCUT2D eigenvalue weighted by Crippen LogP contribution is -2.45. The number of carbonyl (C=O) groups excluding carboxylic acids is 3. The third-order valence-electron chi connectivity index (χ3n) is 5.90. The Balaban J connectivity index is 2.69. The summed E-state index contributed by atoms with van der Waals surface area (Å²) in [5.74, 6) is -3.35. The molecule has 1 atom stereocenters. The summed E-state index contributed by atoms with van der Waals surface area (Å²) in [7, 11) is 0. The maximum Gasteiger partial charge on any atom is 0.337 e. The van der Waals surface area contributed by atoms with Crippen LogP contribution in [0.25, 0.3) is 5.70 Å². The zero-order chi connectivity index (χ0) is 24.2. The molecule has 0 spiro atoms. The Morgan fingerprint density at radius 1 is 0.939 bits per heavy atom. The van der Waals surface area contributed by atoms with E-state index in [1.807, 2.05) is 49.1 Å². The van der Waals surface area contributed by atoms with Crippen molar-refractivity contribution in [2.24, 2.45) is 5.92 Å². The summed E-state index contributed by atoms with van der Waals surface area (Å²) in [5.41, 5.74) is 1.29. The molecule has 1 saturated carbocycles. The molecular weight excluding hydrogens is 420 g/mol. The molecule has 1 unspecified atom stereocenters. The van der Waals surface area contributed by atoms with E-state index in [9.17, 15) is 14.4 Å². The molecule has 0 bridgehead atoms. The number of esters is 2. The molecule has 0 saturated heterocycles. The number of hydrogen-bond acceptors (Lipinski definition) is 6. The lowest BCUT2D eigenvalue weighted by molar-refractivity contribution is -0.154. The number of ether oxygens (including phenoxy) is 2. The molecular formula is C26H38N2O5. The Morgan fingerprint density at radius 3 is 2.09 bits per heavy atom. The number of hydrogen-bond donors (Lipinski definition) is 1. The summed E-state index contributed by atoms with van der Waals surface area (Å²) >= 11 is 0. The first-order valence-corrected chi connectivity index (χ1v) is 12.2. The van der Waals surface area contributed by atoms with Gasteiger partial charge in [0.05, 0.1) is 24.5 Å². The van der Waals surface area contributed by atoms with Gasteiger partial charge >= 0.3 is 11.9 Å². The fraction of sp³-hybridized carbons (Fsp3) is 0.577. The highest BCUT2D eigenvalue weighted by Gasteiger charge is 2.40. The number of amides is 1. The van der Waals surface area contributed by atoms with E-state index in [4.69, 9.17) is 9.47 Å². The van der Waals surface area contributed by atoms with Crippen molar-refractivity contribution in [3.05, 3.63) is 41.5 Å². The second kappa shape index (κ2) is 13.7. The molecule has 0 aliphatic heterocycles. The highest BCUT2D eigenvalue weighted by Crippen LogP contribution is 2.30. The van der Waals surface area contributed by atoms with Gasteiger partial charge in [0, 0.05) is 19.1 Å². The number of benzene rings is 1. The maximum atomic E-state index is 13.5. The van der Waals surface area contributed by atoms with Crippen molar-refractivity contribution < 1.29 is 23.9 Å². The first kappa shape index (κ1) is 26.4. The van der Waals surface area contributed by atoms with E-state index in [1.54, 1.807) is 13.8 Å². The molecule has 2 rings (SSSR count). The van der Waals surface area contributed by atoms with E-state index in [0.717, 1.165) is 37.7 Å². The van der Waals surface area contributed by atoms with Gasteiger partial charge in [0.25, 0.3) is 0 Å². The Bertz CT molecular complexity index is 811. The number of nitrogens with zero attached hydrogens (tertiary/aromatic N) is 1. The largest absolute Gasteiger partial charge is 0.465 e. The molecule has 7 nitrogen and oxygen atoms in total. The molecule has 33 heavy (non-hydrogen) atoms. The van der Waals surface area contributed by atoms with Crippen molar-refractivity contribution in [3.8, 4) is 0 Å². The molecule has 1 aliphatic rings. The monoisotopic (exact) mass is 458 g/mol. The molecule has 182 valence electrons. The molecule has 0 radical (unpaired) electrons. The molecule has 1 aromatic carbocycles. The molecule has 0 heterocycles. The summed E-state index contributed by atoms with van der Waals surface area (Å²) in [5, 5.41) is 3.02. The van der Waals surface area contributed by atoms with Gasteiger partial charge in [-0.15, -0.1) is 0 Å². The first-order valence-electron chi connectivity index (χ1n) is 12.2. The van der Waals surface area contributed by atoms with Crippen molar-refractivity contribution in [2.75, 3.05) is 26.3 Å². The minimum atomic E-state index is -1.42. The number of nitrogens with one attached hydrogen (secondary N) is 1. The lowest BCUT2D eigenvalue weighted by Gasteiger charge is -2.30. The topological polar surface area (TPSA) is 84.9 Å². The predicted molar refractivity (Wildman–Crippen MR) is 128 cm³/mol. The smallest absolute Gasteiger partial charge is 0.337 e. The van der Waals surface area contributed by atoms with Gasteiger partial charge in [-0.2, -0.15) is 0 Å². The van der Waals surface area contributed by atoms with E-state index in [1.165, 1.54) is 0 Å². The normalized spacial score (nSPS) is 15.8.